The first-order valence-corrected chi connectivity index (χ1v) is 5.05. The summed E-state index contributed by atoms with van der Waals surface area (Å²) in [5.74, 6) is 0.903. The summed E-state index contributed by atoms with van der Waals surface area (Å²) in [4.78, 5) is 0. The van der Waals surface area contributed by atoms with Crippen LogP contribution < -0.4 is 10.5 Å². The molecule has 0 bridgehead atoms. The second-order valence-corrected chi connectivity index (χ2v) is 4.07. The average Bonchev–Trinajstić information content (AvgIpc) is 2.17. The molecule has 0 aromatic heterocycles. The van der Waals surface area contributed by atoms with Gasteiger partial charge in [0.1, 0.15) is 11.4 Å². The summed E-state index contributed by atoms with van der Waals surface area (Å²) in [5, 5.41) is 0. The molecule has 0 spiro atoms. The molecule has 0 amide bonds. The second-order valence-electron chi connectivity index (χ2n) is 4.07. The lowest BCUT2D eigenvalue weighted by Gasteiger charge is -2.24. The van der Waals surface area contributed by atoms with Gasteiger partial charge in [-0.3, -0.25) is 0 Å². The Morgan fingerprint density at radius 3 is 2.64 bits per heavy atom. The van der Waals surface area contributed by atoms with Gasteiger partial charge in [-0.05, 0) is 38.0 Å². The lowest BCUT2D eigenvalue weighted by atomic mass is 10.1. The number of benzene rings is 1. The van der Waals surface area contributed by atoms with Gasteiger partial charge in [-0.2, -0.15) is 0 Å². The highest BCUT2D eigenvalue weighted by Gasteiger charge is 2.16. The first-order chi connectivity index (χ1) is 6.57. The molecule has 2 heteroatoms. The molecule has 0 atom stereocenters. The van der Waals surface area contributed by atoms with Gasteiger partial charge in [0.25, 0.3) is 0 Å². The van der Waals surface area contributed by atoms with E-state index in [1.807, 2.05) is 26.0 Å². The molecular weight excluding hydrogens is 174 g/mol. The summed E-state index contributed by atoms with van der Waals surface area (Å²) in [6.07, 6.45) is 1.03. The van der Waals surface area contributed by atoms with Gasteiger partial charge in [0, 0.05) is 6.54 Å². The summed E-state index contributed by atoms with van der Waals surface area (Å²) in [6.45, 7) is 6.63. The quantitative estimate of drug-likeness (QED) is 0.796. The lowest BCUT2D eigenvalue weighted by molar-refractivity contribution is 0.118. The molecule has 0 saturated carbocycles. The van der Waals surface area contributed by atoms with E-state index in [4.69, 9.17) is 10.5 Å². The van der Waals surface area contributed by atoms with E-state index in [-0.39, 0.29) is 5.60 Å². The number of rotatable bonds is 4. The highest BCUT2D eigenvalue weighted by atomic mass is 16.5. The Kier molecular flexibility index (Phi) is 3.53. The predicted molar refractivity (Wildman–Crippen MR) is 59.6 cm³/mol. The molecular formula is C12H19NO. The predicted octanol–water partition coefficient (Wildman–Crippen LogP) is 2.37. The molecule has 1 aromatic carbocycles. The number of nitrogens with two attached hydrogens (primary N) is 1. The molecule has 78 valence electrons. The van der Waals surface area contributed by atoms with Gasteiger partial charge in [-0.1, -0.05) is 19.1 Å². The van der Waals surface area contributed by atoms with Crippen molar-refractivity contribution in [1.29, 1.82) is 0 Å². The van der Waals surface area contributed by atoms with Gasteiger partial charge < -0.3 is 10.5 Å². The Bertz CT molecular complexity index is 294. The lowest BCUT2D eigenvalue weighted by Crippen LogP contribution is -2.37. The van der Waals surface area contributed by atoms with Crippen molar-refractivity contribution in [3.05, 3.63) is 29.8 Å². The SMILES string of the molecule is CCc1cccc(OC(C)(C)CN)c1. The van der Waals surface area contributed by atoms with Gasteiger partial charge in [0.2, 0.25) is 0 Å². The molecule has 0 aliphatic heterocycles. The zero-order valence-electron chi connectivity index (χ0n) is 9.21. The first kappa shape index (κ1) is 11.1. The fourth-order valence-electron chi connectivity index (χ4n) is 1.19. The topological polar surface area (TPSA) is 35.2 Å². The van der Waals surface area contributed by atoms with Gasteiger partial charge in [0.15, 0.2) is 0 Å². The Morgan fingerprint density at radius 1 is 1.36 bits per heavy atom. The van der Waals surface area contributed by atoms with E-state index >= 15 is 0 Å². The van der Waals surface area contributed by atoms with E-state index in [0.29, 0.717) is 6.54 Å². The fraction of sp³-hybridized carbons (Fsp3) is 0.500. The van der Waals surface area contributed by atoms with Crippen LogP contribution in [0.15, 0.2) is 24.3 Å². The largest absolute Gasteiger partial charge is 0.487 e. The van der Waals surface area contributed by atoms with Gasteiger partial charge in [-0.15, -0.1) is 0 Å². The molecule has 0 heterocycles. The third kappa shape index (κ3) is 3.04. The van der Waals surface area contributed by atoms with Crippen LogP contribution in [0.3, 0.4) is 0 Å². The molecule has 0 fully saturated rings. The van der Waals surface area contributed by atoms with Crippen molar-refractivity contribution in [1.82, 2.24) is 0 Å². The molecule has 1 aromatic rings. The maximum Gasteiger partial charge on any atom is 0.120 e. The third-order valence-electron chi connectivity index (χ3n) is 2.19. The summed E-state index contributed by atoms with van der Waals surface area (Å²) in [7, 11) is 0. The Labute approximate surface area is 86.1 Å². The minimum Gasteiger partial charge on any atom is -0.487 e. The summed E-state index contributed by atoms with van der Waals surface area (Å²) in [6, 6.07) is 8.15. The normalized spacial score (nSPS) is 11.4. The fourth-order valence-corrected chi connectivity index (χ4v) is 1.19. The van der Waals surface area contributed by atoms with E-state index in [1.54, 1.807) is 0 Å². The number of aryl methyl sites for hydroxylation is 1. The monoisotopic (exact) mass is 193 g/mol. The zero-order valence-corrected chi connectivity index (χ0v) is 9.21. The first-order valence-electron chi connectivity index (χ1n) is 5.05. The molecule has 0 aliphatic rings. The van der Waals surface area contributed by atoms with Crippen LogP contribution in [-0.4, -0.2) is 12.1 Å². The van der Waals surface area contributed by atoms with Gasteiger partial charge >= 0.3 is 0 Å². The maximum absolute atomic E-state index is 5.77. The number of hydrogen-bond acceptors (Lipinski definition) is 2. The van der Waals surface area contributed by atoms with Gasteiger partial charge in [0.05, 0.1) is 0 Å². The van der Waals surface area contributed by atoms with Crippen molar-refractivity contribution in [2.75, 3.05) is 6.54 Å². The van der Waals surface area contributed by atoms with Crippen molar-refractivity contribution >= 4 is 0 Å². The van der Waals surface area contributed by atoms with Crippen molar-refractivity contribution in [2.24, 2.45) is 5.73 Å². The smallest absolute Gasteiger partial charge is 0.120 e. The molecule has 2 N–H and O–H groups in total. The van der Waals surface area contributed by atoms with Crippen molar-refractivity contribution < 1.29 is 4.74 Å². The standard InChI is InChI=1S/C12H19NO/c1-4-10-6-5-7-11(8-10)14-12(2,3)9-13/h5-8H,4,9,13H2,1-3H3. The van der Waals surface area contributed by atoms with Crippen LogP contribution in [0, 0.1) is 0 Å². The van der Waals surface area contributed by atoms with E-state index in [0.717, 1.165) is 12.2 Å². The van der Waals surface area contributed by atoms with Crippen LogP contribution in [0.1, 0.15) is 26.3 Å². The van der Waals surface area contributed by atoms with Crippen molar-refractivity contribution in [2.45, 2.75) is 32.8 Å². The van der Waals surface area contributed by atoms with E-state index in [9.17, 15) is 0 Å². The molecule has 1 rings (SSSR count). The Hall–Kier alpha value is -1.02. The molecule has 14 heavy (non-hydrogen) atoms. The third-order valence-corrected chi connectivity index (χ3v) is 2.19. The van der Waals surface area contributed by atoms with Crippen molar-refractivity contribution in [3.8, 4) is 5.75 Å². The van der Waals surface area contributed by atoms with Gasteiger partial charge in [-0.25, -0.2) is 0 Å². The van der Waals surface area contributed by atoms with Crippen LogP contribution in [-0.2, 0) is 6.42 Å². The number of ether oxygens (including phenoxy) is 1. The Morgan fingerprint density at radius 2 is 2.07 bits per heavy atom. The summed E-state index contributed by atoms with van der Waals surface area (Å²) < 4.78 is 5.77. The van der Waals surface area contributed by atoms with Crippen LogP contribution in [0.25, 0.3) is 0 Å². The van der Waals surface area contributed by atoms with Crippen LogP contribution in [0.5, 0.6) is 5.75 Å². The summed E-state index contributed by atoms with van der Waals surface area (Å²) >= 11 is 0. The zero-order chi connectivity index (χ0) is 10.6. The van der Waals surface area contributed by atoms with E-state index in [2.05, 4.69) is 19.1 Å². The highest BCUT2D eigenvalue weighted by Crippen LogP contribution is 2.19. The molecule has 0 unspecified atom stereocenters. The second kappa shape index (κ2) is 4.47. The van der Waals surface area contributed by atoms with Crippen LogP contribution in [0.2, 0.25) is 0 Å². The Balaban J connectivity index is 2.76. The van der Waals surface area contributed by atoms with Crippen LogP contribution >= 0.6 is 0 Å². The number of hydrogen-bond donors (Lipinski definition) is 1. The highest BCUT2D eigenvalue weighted by molar-refractivity contribution is 5.28. The molecule has 0 radical (unpaired) electrons. The minimum absolute atomic E-state index is 0.285. The van der Waals surface area contributed by atoms with Crippen molar-refractivity contribution in [3.63, 3.8) is 0 Å². The van der Waals surface area contributed by atoms with E-state index in [1.165, 1.54) is 5.56 Å². The molecule has 0 aliphatic carbocycles. The van der Waals surface area contributed by atoms with Crippen LogP contribution in [0.4, 0.5) is 0 Å². The average molecular weight is 193 g/mol. The van der Waals surface area contributed by atoms with E-state index < -0.39 is 0 Å². The maximum atomic E-state index is 5.77. The minimum atomic E-state index is -0.285. The molecule has 2 nitrogen and oxygen atoms in total. The molecule has 0 saturated heterocycles. The summed E-state index contributed by atoms with van der Waals surface area (Å²) in [5.41, 5.74) is 6.60.